The highest BCUT2D eigenvalue weighted by molar-refractivity contribution is 6.04. The molecule has 0 bridgehead atoms. The lowest BCUT2D eigenvalue weighted by Crippen LogP contribution is -2.22. The quantitative estimate of drug-likeness (QED) is 0.499. The second-order valence-corrected chi connectivity index (χ2v) is 4.58. The Morgan fingerprint density at radius 1 is 1.11 bits per heavy atom. The first-order chi connectivity index (χ1) is 8.08. The molecule has 2 rings (SSSR count). The Labute approximate surface area is 114 Å². The molecule has 0 unspecified atom stereocenters. The number of nitrogens with two attached hydrogens (primary N) is 2. The van der Waals surface area contributed by atoms with E-state index in [0.717, 1.165) is 11.3 Å². The fourth-order valence-electron chi connectivity index (χ4n) is 1.74. The maximum atomic E-state index is 5.31. The number of rotatable bonds is 3. The summed E-state index contributed by atoms with van der Waals surface area (Å²) in [7, 11) is 0. The van der Waals surface area contributed by atoms with Crippen molar-refractivity contribution in [1.82, 2.24) is 0 Å². The summed E-state index contributed by atoms with van der Waals surface area (Å²) in [4.78, 5) is 0. The van der Waals surface area contributed by atoms with E-state index < -0.39 is 0 Å². The average Bonchev–Trinajstić information content (AvgIpc) is 3.07. The smallest absolute Gasteiger partial charge is 0.211 e. The number of hydrogen-bond acceptors (Lipinski definition) is 2. The van der Waals surface area contributed by atoms with E-state index in [0.29, 0.717) is 5.92 Å². The Bertz CT molecular complexity index is 486. The van der Waals surface area contributed by atoms with Gasteiger partial charge in [0.15, 0.2) is 0 Å². The topological polar surface area (TPSA) is 76.8 Å². The number of hydrogen-bond donors (Lipinski definition) is 2. The van der Waals surface area contributed by atoms with Crippen LogP contribution in [-0.2, 0) is 0 Å². The number of nitrogens with zero attached hydrogens (tertiary/aromatic N) is 2. The standard InChI is InChI=1S/C13H18N4.ClH/c1-8-3-4-11(7-9(8)2)12(10-5-6-10)16-17-13(14)15;/h3-4,7,10H,5-6H2,1-2H3,(H4,14,15,17);1H/b16-12-;. The highest BCUT2D eigenvalue weighted by atomic mass is 35.5. The first-order valence-electron chi connectivity index (χ1n) is 5.82. The van der Waals surface area contributed by atoms with E-state index in [2.05, 4.69) is 42.2 Å². The van der Waals surface area contributed by atoms with E-state index in [4.69, 9.17) is 11.5 Å². The van der Waals surface area contributed by atoms with Gasteiger partial charge in [-0.1, -0.05) is 12.1 Å². The molecule has 1 fully saturated rings. The molecule has 1 saturated carbocycles. The highest BCUT2D eigenvalue weighted by Crippen LogP contribution is 2.33. The Balaban J connectivity index is 0.00000162. The van der Waals surface area contributed by atoms with Crippen LogP contribution in [0.3, 0.4) is 0 Å². The van der Waals surface area contributed by atoms with Gasteiger partial charge in [0.25, 0.3) is 0 Å². The molecule has 4 nitrogen and oxygen atoms in total. The van der Waals surface area contributed by atoms with E-state index in [1.54, 1.807) is 0 Å². The van der Waals surface area contributed by atoms with Crippen LogP contribution in [0.1, 0.15) is 29.5 Å². The number of guanidine groups is 1. The van der Waals surface area contributed by atoms with Crippen LogP contribution in [0.4, 0.5) is 0 Å². The van der Waals surface area contributed by atoms with Crippen LogP contribution in [0, 0.1) is 19.8 Å². The molecule has 1 aliphatic carbocycles. The van der Waals surface area contributed by atoms with Crippen molar-refractivity contribution < 1.29 is 0 Å². The summed E-state index contributed by atoms with van der Waals surface area (Å²) >= 11 is 0. The summed E-state index contributed by atoms with van der Waals surface area (Å²) in [5.41, 5.74) is 15.3. The highest BCUT2D eigenvalue weighted by Gasteiger charge is 2.28. The van der Waals surface area contributed by atoms with Gasteiger partial charge in [0.1, 0.15) is 0 Å². The largest absolute Gasteiger partial charge is 0.369 e. The van der Waals surface area contributed by atoms with Gasteiger partial charge in [-0.25, -0.2) is 0 Å². The Morgan fingerprint density at radius 2 is 1.78 bits per heavy atom. The zero-order valence-electron chi connectivity index (χ0n) is 10.7. The maximum absolute atomic E-state index is 5.31. The molecular formula is C13H19ClN4. The van der Waals surface area contributed by atoms with Gasteiger partial charge < -0.3 is 11.5 Å². The molecule has 0 radical (unpaired) electrons. The summed E-state index contributed by atoms with van der Waals surface area (Å²) in [5, 5.41) is 7.96. The minimum Gasteiger partial charge on any atom is -0.369 e. The fourth-order valence-corrected chi connectivity index (χ4v) is 1.74. The zero-order valence-corrected chi connectivity index (χ0v) is 11.5. The molecular weight excluding hydrogens is 248 g/mol. The van der Waals surface area contributed by atoms with Crippen LogP contribution in [0.25, 0.3) is 0 Å². The molecule has 5 heteroatoms. The van der Waals surface area contributed by atoms with Crippen molar-refractivity contribution in [1.29, 1.82) is 0 Å². The van der Waals surface area contributed by atoms with Crippen LogP contribution in [-0.4, -0.2) is 11.7 Å². The third-order valence-electron chi connectivity index (χ3n) is 3.04. The zero-order chi connectivity index (χ0) is 12.4. The van der Waals surface area contributed by atoms with Crippen molar-refractivity contribution in [3.63, 3.8) is 0 Å². The monoisotopic (exact) mass is 266 g/mol. The average molecular weight is 267 g/mol. The summed E-state index contributed by atoms with van der Waals surface area (Å²) < 4.78 is 0. The molecule has 0 heterocycles. The van der Waals surface area contributed by atoms with Crippen molar-refractivity contribution in [2.45, 2.75) is 26.7 Å². The molecule has 98 valence electrons. The van der Waals surface area contributed by atoms with Crippen molar-refractivity contribution in [2.75, 3.05) is 0 Å². The van der Waals surface area contributed by atoms with Gasteiger partial charge in [-0.05, 0) is 49.4 Å². The van der Waals surface area contributed by atoms with Gasteiger partial charge in [0.2, 0.25) is 5.96 Å². The van der Waals surface area contributed by atoms with Gasteiger partial charge >= 0.3 is 0 Å². The summed E-state index contributed by atoms with van der Waals surface area (Å²) in [5.74, 6) is 0.521. The van der Waals surface area contributed by atoms with Gasteiger partial charge in [-0.2, -0.15) is 5.10 Å². The second kappa shape index (κ2) is 5.87. The molecule has 0 spiro atoms. The maximum Gasteiger partial charge on any atom is 0.211 e. The van der Waals surface area contributed by atoms with Crippen molar-refractivity contribution in [2.24, 2.45) is 27.6 Å². The summed E-state index contributed by atoms with van der Waals surface area (Å²) in [6.45, 7) is 4.20. The predicted octanol–water partition coefficient (Wildman–Crippen LogP) is 2.11. The molecule has 1 aromatic carbocycles. The van der Waals surface area contributed by atoms with Gasteiger partial charge in [-0.3, -0.25) is 0 Å². The number of aryl methyl sites for hydroxylation is 2. The summed E-state index contributed by atoms with van der Waals surface area (Å²) in [6, 6.07) is 6.34. The molecule has 1 aliphatic rings. The SMILES string of the molecule is Cc1ccc(/C(=N\N=C(N)N)C2CC2)cc1C.Cl. The van der Waals surface area contributed by atoms with E-state index in [1.807, 2.05) is 0 Å². The van der Waals surface area contributed by atoms with E-state index in [9.17, 15) is 0 Å². The molecule has 0 atom stereocenters. The first-order valence-corrected chi connectivity index (χ1v) is 5.82. The Morgan fingerprint density at radius 3 is 2.28 bits per heavy atom. The van der Waals surface area contributed by atoms with Crippen molar-refractivity contribution in [3.8, 4) is 0 Å². The molecule has 4 N–H and O–H groups in total. The molecule has 0 amide bonds. The molecule has 0 aliphatic heterocycles. The minimum absolute atomic E-state index is 0. The normalized spacial score (nSPS) is 14.9. The fraction of sp³-hybridized carbons (Fsp3) is 0.385. The van der Waals surface area contributed by atoms with E-state index >= 15 is 0 Å². The molecule has 0 saturated heterocycles. The second-order valence-electron chi connectivity index (χ2n) is 4.58. The van der Waals surface area contributed by atoms with E-state index in [1.165, 1.54) is 24.0 Å². The van der Waals surface area contributed by atoms with Crippen molar-refractivity contribution in [3.05, 3.63) is 34.9 Å². The lowest BCUT2D eigenvalue weighted by molar-refractivity contribution is 1.11. The number of benzene rings is 1. The predicted molar refractivity (Wildman–Crippen MR) is 78.2 cm³/mol. The lowest BCUT2D eigenvalue weighted by atomic mass is 10.0. The van der Waals surface area contributed by atoms with Crippen LogP contribution >= 0.6 is 12.4 Å². The van der Waals surface area contributed by atoms with E-state index in [-0.39, 0.29) is 18.4 Å². The first kappa shape index (κ1) is 14.5. The Kier molecular flexibility index (Phi) is 4.73. The number of halogens is 1. The minimum atomic E-state index is 0. The lowest BCUT2D eigenvalue weighted by Gasteiger charge is -2.06. The van der Waals surface area contributed by atoms with Crippen molar-refractivity contribution >= 4 is 24.1 Å². The molecule has 18 heavy (non-hydrogen) atoms. The van der Waals surface area contributed by atoms with Crippen LogP contribution in [0.15, 0.2) is 28.4 Å². The third kappa shape index (κ3) is 3.47. The van der Waals surface area contributed by atoms with Crippen LogP contribution < -0.4 is 11.5 Å². The van der Waals surface area contributed by atoms with Gasteiger partial charge in [0, 0.05) is 5.92 Å². The summed E-state index contributed by atoms with van der Waals surface area (Å²) in [6.07, 6.45) is 2.34. The van der Waals surface area contributed by atoms with Crippen LogP contribution in [0.2, 0.25) is 0 Å². The molecule has 0 aromatic heterocycles. The Hall–Kier alpha value is -1.55. The third-order valence-corrected chi connectivity index (χ3v) is 3.04. The van der Waals surface area contributed by atoms with Crippen LogP contribution in [0.5, 0.6) is 0 Å². The van der Waals surface area contributed by atoms with Gasteiger partial charge in [-0.15, -0.1) is 17.5 Å². The van der Waals surface area contributed by atoms with Gasteiger partial charge in [0.05, 0.1) is 5.71 Å². The molecule has 1 aromatic rings.